The Labute approximate surface area is 142 Å². The maximum atomic E-state index is 11.7. The summed E-state index contributed by atoms with van der Waals surface area (Å²) in [6.45, 7) is 4.86. The van der Waals surface area contributed by atoms with Gasteiger partial charge in [0.25, 0.3) is 0 Å². The summed E-state index contributed by atoms with van der Waals surface area (Å²) < 4.78 is 0. The normalized spacial score (nSPS) is 13.7. The van der Waals surface area contributed by atoms with Crippen molar-refractivity contribution >= 4 is 17.5 Å². The summed E-state index contributed by atoms with van der Waals surface area (Å²) in [4.78, 5) is 23.4. The number of nitrogens with one attached hydrogen (secondary N) is 2. The van der Waals surface area contributed by atoms with Gasteiger partial charge < -0.3 is 10.6 Å². The van der Waals surface area contributed by atoms with Gasteiger partial charge in [-0.15, -0.1) is 0 Å². The molecule has 0 spiro atoms. The molecule has 2 aromatic carbocycles. The van der Waals surface area contributed by atoms with Crippen LogP contribution < -0.4 is 10.6 Å². The van der Waals surface area contributed by atoms with E-state index in [-0.39, 0.29) is 11.8 Å². The lowest BCUT2D eigenvalue weighted by atomic mass is 9.89. The van der Waals surface area contributed by atoms with Gasteiger partial charge in [-0.1, -0.05) is 60.7 Å². The predicted octanol–water partition coefficient (Wildman–Crippen LogP) is 3.22. The molecule has 0 saturated heterocycles. The molecule has 0 fully saturated rings. The lowest BCUT2D eigenvalue weighted by Gasteiger charge is -2.29. The van der Waals surface area contributed by atoms with E-state index in [2.05, 4.69) is 10.6 Å². The summed E-state index contributed by atoms with van der Waals surface area (Å²) in [6.07, 6.45) is 1.88. The minimum Gasteiger partial charge on any atom is -0.344 e. The molecule has 4 heteroatoms. The van der Waals surface area contributed by atoms with Gasteiger partial charge in [0, 0.05) is 19.5 Å². The molecule has 2 N–H and O–H groups in total. The highest BCUT2D eigenvalue weighted by atomic mass is 16.2. The van der Waals surface area contributed by atoms with Crippen LogP contribution in [0.15, 0.2) is 66.7 Å². The number of benzene rings is 2. The average Bonchev–Trinajstić information content (AvgIpc) is 2.55. The van der Waals surface area contributed by atoms with Crippen LogP contribution in [0.25, 0.3) is 5.70 Å². The first-order valence-electron chi connectivity index (χ1n) is 7.81. The Kier molecular flexibility index (Phi) is 5.53. The molecule has 0 bridgehead atoms. The summed E-state index contributed by atoms with van der Waals surface area (Å²) in [6, 6.07) is 19.2. The lowest BCUT2D eigenvalue weighted by molar-refractivity contribution is -0.120. The molecule has 0 radical (unpaired) electrons. The Morgan fingerprint density at radius 1 is 0.875 bits per heavy atom. The van der Waals surface area contributed by atoms with Gasteiger partial charge in [0.1, 0.15) is 0 Å². The van der Waals surface area contributed by atoms with Crippen LogP contribution in [0.4, 0.5) is 0 Å². The molecule has 1 unspecified atom stereocenters. The van der Waals surface area contributed by atoms with E-state index in [1.54, 1.807) is 0 Å². The number of carbonyl (C=O) groups excluding carboxylic acids is 2. The maximum absolute atomic E-state index is 11.7. The number of amides is 2. The van der Waals surface area contributed by atoms with Crippen molar-refractivity contribution in [2.45, 2.75) is 26.3 Å². The van der Waals surface area contributed by atoms with Crippen molar-refractivity contribution in [3.8, 4) is 0 Å². The van der Waals surface area contributed by atoms with Crippen LogP contribution in [0.3, 0.4) is 0 Å². The molecule has 2 rings (SSSR count). The fourth-order valence-corrected chi connectivity index (χ4v) is 2.63. The van der Waals surface area contributed by atoms with Crippen molar-refractivity contribution in [1.82, 2.24) is 10.6 Å². The lowest BCUT2D eigenvalue weighted by Crippen LogP contribution is -2.41. The van der Waals surface area contributed by atoms with E-state index in [1.807, 2.05) is 73.7 Å². The van der Waals surface area contributed by atoms with Gasteiger partial charge in [0.2, 0.25) is 11.8 Å². The molecule has 24 heavy (non-hydrogen) atoms. The topological polar surface area (TPSA) is 58.2 Å². The largest absolute Gasteiger partial charge is 0.344 e. The first kappa shape index (κ1) is 17.5. The van der Waals surface area contributed by atoms with Crippen LogP contribution in [0.5, 0.6) is 0 Å². The van der Waals surface area contributed by atoms with Gasteiger partial charge in [0.05, 0.1) is 5.54 Å². The molecule has 124 valence electrons. The second-order valence-electron chi connectivity index (χ2n) is 5.85. The van der Waals surface area contributed by atoms with Crippen molar-refractivity contribution in [1.29, 1.82) is 0 Å². The zero-order valence-electron chi connectivity index (χ0n) is 14.2. The van der Waals surface area contributed by atoms with E-state index >= 15 is 0 Å². The number of hydrogen-bond acceptors (Lipinski definition) is 2. The minimum absolute atomic E-state index is 0.146. The van der Waals surface area contributed by atoms with Crippen molar-refractivity contribution in [2.75, 3.05) is 0 Å². The molecule has 0 aliphatic heterocycles. The fraction of sp³-hybridized carbons (Fsp3) is 0.200. The first-order chi connectivity index (χ1) is 11.4. The summed E-state index contributed by atoms with van der Waals surface area (Å²) >= 11 is 0. The molecule has 0 aliphatic carbocycles. The third kappa shape index (κ3) is 4.56. The third-order valence-electron chi connectivity index (χ3n) is 3.64. The van der Waals surface area contributed by atoms with E-state index in [9.17, 15) is 9.59 Å². The highest BCUT2D eigenvalue weighted by molar-refractivity contribution is 5.85. The zero-order chi connectivity index (χ0) is 17.6. The van der Waals surface area contributed by atoms with Crippen LogP contribution in [0.2, 0.25) is 0 Å². The summed E-state index contributed by atoms with van der Waals surface area (Å²) in [5.41, 5.74) is 1.71. The fourth-order valence-electron chi connectivity index (χ4n) is 2.63. The van der Waals surface area contributed by atoms with Crippen LogP contribution in [0.1, 0.15) is 31.9 Å². The number of hydrogen-bond donors (Lipinski definition) is 2. The van der Waals surface area contributed by atoms with Crippen molar-refractivity contribution < 1.29 is 9.59 Å². The molecule has 2 amide bonds. The Morgan fingerprint density at radius 2 is 1.42 bits per heavy atom. The molecule has 1 atom stereocenters. The third-order valence-corrected chi connectivity index (χ3v) is 3.64. The van der Waals surface area contributed by atoms with Crippen molar-refractivity contribution in [3.63, 3.8) is 0 Å². The van der Waals surface area contributed by atoms with E-state index < -0.39 is 5.54 Å². The molecule has 2 aromatic rings. The minimum atomic E-state index is -0.749. The smallest absolute Gasteiger partial charge is 0.221 e. The molecule has 0 heterocycles. The van der Waals surface area contributed by atoms with Gasteiger partial charge in [-0.05, 0) is 24.1 Å². The van der Waals surface area contributed by atoms with Crippen molar-refractivity contribution in [3.05, 3.63) is 77.9 Å². The summed E-state index contributed by atoms with van der Waals surface area (Å²) in [7, 11) is 0. The number of rotatable bonds is 5. The highest BCUT2D eigenvalue weighted by Gasteiger charge is 2.26. The van der Waals surface area contributed by atoms with Crippen molar-refractivity contribution in [2.24, 2.45) is 0 Å². The van der Waals surface area contributed by atoms with Crippen LogP contribution in [0, 0.1) is 0 Å². The molecular weight excluding hydrogens is 300 g/mol. The second-order valence-corrected chi connectivity index (χ2v) is 5.85. The number of carbonyl (C=O) groups is 2. The summed E-state index contributed by atoms with van der Waals surface area (Å²) in [5, 5.41) is 5.85. The van der Waals surface area contributed by atoms with Crippen LogP contribution in [-0.4, -0.2) is 11.8 Å². The molecule has 0 aliphatic rings. The van der Waals surface area contributed by atoms with Gasteiger partial charge in [-0.2, -0.15) is 0 Å². The zero-order valence-corrected chi connectivity index (χ0v) is 14.2. The highest BCUT2D eigenvalue weighted by Crippen LogP contribution is 2.26. The second kappa shape index (κ2) is 7.59. The Balaban J connectivity index is 2.55. The monoisotopic (exact) mass is 322 g/mol. The quantitative estimate of drug-likeness (QED) is 0.888. The molecule has 0 saturated carbocycles. The van der Waals surface area contributed by atoms with E-state index in [1.165, 1.54) is 13.8 Å². The average molecular weight is 322 g/mol. The predicted molar refractivity (Wildman–Crippen MR) is 95.8 cm³/mol. The molecule has 0 aromatic heterocycles. The van der Waals surface area contributed by atoms with E-state index in [0.29, 0.717) is 5.70 Å². The molecule has 4 nitrogen and oxygen atoms in total. The Hall–Kier alpha value is -2.88. The Morgan fingerprint density at radius 3 is 1.92 bits per heavy atom. The van der Waals surface area contributed by atoms with Gasteiger partial charge in [0.15, 0.2) is 0 Å². The van der Waals surface area contributed by atoms with Crippen LogP contribution in [-0.2, 0) is 15.1 Å². The Bertz CT molecular complexity index is 739. The van der Waals surface area contributed by atoms with Gasteiger partial charge in [-0.25, -0.2) is 0 Å². The first-order valence-corrected chi connectivity index (χ1v) is 7.81. The maximum Gasteiger partial charge on any atom is 0.221 e. The summed E-state index contributed by atoms with van der Waals surface area (Å²) in [5.74, 6) is -0.309. The SMILES string of the molecule is CC(=O)N/C(=C/C(C)(NC(C)=O)c1ccccc1)c1ccccc1. The van der Waals surface area contributed by atoms with Crippen LogP contribution >= 0.6 is 0 Å². The van der Waals surface area contributed by atoms with E-state index in [0.717, 1.165) is 11.1 Å². The standard InChI is InChI=1S/C20H22N2O2/c1-15(23)21-19(17-10-6-4-7-11-17)14-20(3,22-16(2)24)18-12-8-5-9-13-18/h4-14H,1-3H3,(H,21,23)(H,22,24)/b19-14+. The molecular formula is C20H22N2O2. The van der Waals surface area contributed by atoms with E-state index in [4.69, 9.17) is 0 Å². The van der Waals surface area contributed by atoms with Gasteiger partial charge in [-0.3, -0.25) is 9.59 Å². The van der Waals surface area contributed by atoms with Gasteiger partial charge >= 0.3 is 0 Å².